The number of aromatic nitrogens is 5. The van der Waals surface area contributed by atoms with Gasteiger partial charge in [-0.25, -0.2) is 19.9 Å². The summed E-state index contributed by atoms with van der Waals surface area (Å²) in [6, 6.07) is 12.6. The Morgan fingerprint density at radius 3 is 2.74 bits per heavy atom. The molecule has 0 saturated heterocycles. The van der Waals surface area contributed by atoms with Gasteiger partial charge in [0.15, 0.2) is 11.5 Å². The van der Waals surface area contributed by atoms with E-state index < -0.39 is 0 Å². The lowest BCUT2D eigenvalue weighted by atomic mass is 10.1. The van der Waals surface area contributed by atoms with Crippen LogP contribution in [0.25, 0.3) is 38.9 Å². The molecule has 1 aromatic carbocycles. The third-order valence-corrected chi connectivity index (χ3v) is 6.67. The fraction of sp³-hybridized carbons (Fsp3) is 0.167. The highest BCUT2D eigenvalue weighted by Crippen LogP contribution is 2.34. The minimum atomic E-state index is 0.456. The van der Waals surface area contributed by atoms with E-state index in [9.17, 15) is 0 Å². The first kappa shape index (κ1) is 18.2. The molecule has 6 nitrogen and oxygen atoms in total. The number of benzene rings is 1. The molecular formula is C24H20N6S. The van der Waals surface area contributed by atoms with Crippen molar-refractivity contribution in [3.05, 3.63) is 70.9 Å². The molecule has 4 heterocycles. The summed E-state index contributed by atoms with van der Waals surface area (Å²) in [6.45, 7) is 2.07. The molecule has 0 bridgehead atoms. The largest absolute Gasteiger partial charge is 0.383 e. The van der Waals surface area contributed by atoms with E-state index >= 15 is 0 Å². The van der Waals surface area contributed by atoms with Gasteiger partial charge in [-0.05, 0) is 73.2 Å². The van der Waals surface area contributed by atoms with E-state index in [1.54, 1.807) is 23.7 Å². The van der Waals surface area contributed by atoms with Gasteiger partial charge in [0.25, 0.3) is 0 Å². The molecule has 4 aromatic heterocycles. The quantitative estimate of drug-likeness (QED) is 0.441. The van der Waals surface area contributed by atoms with Crippen LogP contribution in [-0.2, 0) is 12.8 Å². The Morgan fingerprint density at radius 1 is 1.00 bits per heavy atom. The van der Waals surface area contributed by atoms with Crippen molar-refractivity contribution >= 4 is 28.3 Å². The first-order valence-electron chi connectivity index (χ1n) is 10.3. The monoisotopic (exact) mass is 424 g/mol. The van der Waals surface area contributed by atoms with Crippen LogP contribution in [0.5, 0.6) is 0 Å². The number of pyridine rings is 2. The van der Waals surface area contributed by atoms with E-state index in [-0.39, 0.29) is 0 Å². The normalized spacial score (nSPS) is 13.1. The number of aryl methyl sites for hydroxylation is 3. The zero-order chi connectivity index (χ0) is 20.9. The van der Waals surface area contributed by atoms with Gasteiger partial charge >= 0.3 is 0 Å². The van der Waals surface area contributed by atoms with E-state index in [4.69, 9.17) is 15.7 Å². The van der Waals surface area contributed by atoms with Crippen molar-refractivity contribution in [1.82, 2.24) is 24.5 Å². The van der Waals surface area contributed by atoms with Gasteiger partial charge in [-0.1, -0.05) is 6.07 Å². The molecule has 0 radical (unpaired) electrons. The lowest BCUT2D eigenvalue weighted by Crippen LogP contribution is -2.03. The maximum atomic E-state index is 6.26. The number of anilines is 1. The van der Waals surface area contributed by atoms with Gasteiger partial charge in [0.05, 0.1) is 5.56 Å². The average molecular weight is 425 g/mol. The SMILES string of the molecule is Cc1cc(-c2nccs2)nc2c1nc(-c1cccnc1N)n2-c1ccc2c(c1)CCC2. The standard InChI is InChI=1S/C24H20N6S/c1-14-12-19(24-27-10-11-31-24)28-23-20(14)29-22(18-6-3-9-26-21(18)25)30(23)17-8-7-15-4-2-5-16(15)13-17/h3,6-13H,2,4-5H2,1H3,(H2,25,26). The number of hydrogen-bond acceptors (Lipinski definition) is 6. The minimum Gasteiger partial charge on any atom is -0.383 e. The summed E-state index contributed by atoms with van der Waals surface area (Å²) < 4.78 is 2.12. The second kappa shape index (κ2) is 6.99. The lowest BCUT2D eigenvalue weighted by Gasteiger charge is -2.12. The molecule has 1 aliphatic rings. The van der Waals surface area contributed by atoms with Crippen molar-refractivity contribution in [2.45, 2.75) is 26.2 Å². The van der Waals surface area contributed by atoms with Gasteiger partial charge in [-0.15, -0.1) is 11.3 Å². The molecule has 0 aliphatic heterocycles. The van der Waals surface area contributed by atoms with Gasteiger partial charge in [-0.3, -0.25) is 4.57 Å². The number of nitrogens with zero attached hydrogens (tertiary/aromatic N) is 5. The van der Waals surface area contributed by atoms with Gasteiger partial charge in [0.2, 0.25) is 0 Å². The summed E-state index contributed by atoms with van der Waals surface area (Å²) in [5, 5.41) is 2.87. The van der Waals surface area contributed by atoms with Crippen molar-refractivity contribution < 1.29 is 0 Å². The number of nitrogens with two attached hydrogens (primary N) is 1. The highest BCUT2D eigenvalue weighted by atomic mass is 32.1. The van der Waals surface area contributed by atoms with E-state index in [0.29, 0.717) is 5.82 Å². The Balaban J connectivity index is 1.68. The van der Waals surface area contributed by atoms with Crippen molar-refractivity contribution in [3.8, 4) is 27.8 Å². The van der Waals surface area contributed by atoms with Crippen molar-refractivity contribution in [2.24, 2.45) is 0 Å². The van der Waals surface area contributed by atoms with Crippen LogP contribution in [-0.4, -0.2) is 24.5 Å². The van der Waals surface area contributed by atoms with Crippen LogP contribution < -0.4 is 5.73 Å². The molecular weight excluding hydrogens is 404 g/mol. The van der Waals surface area contributed by atoms with Gasteiger partial charge < -0.3 is 5.73 Å². The predicted octanol–water partition coefficient (Wildman–Crippen LogP) is 4.99. The molecule has 1 aliphatic carbocycles. The molecule has 0 unspecified atom stereocenters. The predicted molar refractivity (Wildman–Crippen MR) is 124 cm³/mol. The van der Waals surface area contributed by atoms with Crippen LogP contribution >= 0.6 is 11.3 Å². The first-order valence-corrected chi connectivity index (χ1v) is 11.2. The Kier molecular flexibility index (Phi) is 4.11. The summed E-state index contributed by atoms with van der Waals surface area (Å²) in [6.07, 6.45) is 6.97. The minimum absolute atomic E-state index is 0.456. The highest BCUT2D eigenvalue weighted by Gasteiger charge is 2.22. The maximum Gasteiger partial charge on any atom is 0.165 e. The number of fused-ring (bicyclic) bond motifs is 2. The lowest BCUT2D eigenvalue weighted by molar-refractivity contribution is 0.911. The average Bonchev–Trinajstić information content (AvgIpc) is 3.52. The van der Waals surface area contributed by atoms with Crippen LogP contribution in [0.4, 0.5) is 5.82 Å². The van der Waals surface area contributed by atoms with E-state index in [1.807, 2.05) is 17.5 Å². The summed E-state index contributed by atoms with van der Waals surface area (Å²) in [4.78, 5) is 18.8. The zero-order valence-corrected chi connectivity index (χ0v) is 17.9. The molecule has 0 saturated carbocycles. The molecule has 31 heavy (non-hydrogen) atoms. The van der Waals surface area contributed by atoms with E-state index in [2.05, 4.69) is 45.7 Å². The van der Waals surface area contributed by atoms with Gasteiger partial charge in [-0.2, -0.15) is 0 Å². The zero-order valence-electron chi connectivity index (χ0n) is 17.0. The maximum absolute atomic E-state index is 6.26. The molecule has 0 atom stereocenters. The summed E-state index contributed by atoms with van der Waals surface area (Å²) in [5.41, 5.74) is 14.5. The highest BCUT2D eigenvalue weighted by molar-refractivity contribution is 7.13. The molecule has 7 heteroatoms. The fourth-order valence-electron chi connectivity index (χ4n) is 4.39. The Morgan fingerprint density at radius 2 is 1.90 bits per heavy atom. The topological polar surface area (TPSA) is 82.5 Å². The summed E-state index contributed by atoms with van der Waals surface area (Å²) >= 11 is 1.58. The van der Waals surface area contributed by atoms with Gasteiger partial charge in [0, 0.05) is 23.5 Å². The van der Waals surface area contributed by atoms with Crippen LogP contribution in [0.2, 0.25) is 0 Å². The molecule has 2 N–H and O–H groups in total. The number of imidazole rings is 1. The summed E-state index contributed by atoms with van der Waals surface area (Å²) in [7, 11) is 0. The van der Waals surface area contributed by atoms with Gasteiger partial charge in [0.1, 0.15) is 22.0 Å². The van der Waals surface area contributed by atoms with Crippen LogP contribution in [0.15, 0.2) is 54.2 Å². The molecule has 0 fully saturated rings. The second-order valence-electron chi connectivity index (χ2n) is 7.85. The van der Waals surface area contributed by atoms with E-state index in [0.717, 1.165) is 57.3 Å². The fourth-order valence-corrected chi connectivity index (χ4v) is 4.99. The van der Waals surface area contributed by atoms with Crippen molar-refractivity contribution in [1.29, 1.82) is 0 Å². The number of nitrogen functional groups attached to an aromatic ring is 1. The van der Waals surface area contributed by atoms with Crippen LogP contribution in [0.1, 0.15) is 23.1 Å². The van der Waals surface area contributed by atoms with Crippen LogP contribution in [0.3, 0.4) is 0 Å². The molecule has 0 amide bonds. The second-order valence-corrected chi connectivity index (χ2v) is 8.74. The van der Waals surface area contributed by atoms with Crippen molar-refractivity contribution in [2.75, 3.05) is 5.73 Å². The number of hydrogen-bond donors (Lipinski definition) is 1. The van der Waals surface area contributed by atoms with Crippen molar-refractivity contribution in [3.63, 3.8) is 0 Å². The smallest absolute Gasteiger partial charge is 0.165 e. The third kappa shape index (κ3) is 2.92. The Bertz CT molecular complexity index is 1430. The Labute approximate surface area is 183 Å². The Hall–Kier alpha value is -3.58. The summed E-state index contributed by atoms with van der Waals surface area (Å²) in [5.74, 6) is 1.21. The van der Waals surface area contributed by atoms with Crippen LogP contribution in [0, 0.1) is 6.92 Å². The molecule has 0 spiro atoms. The number of rotatable bonds is 3. The first-order chi connectivity index (χ1) is 15.2. The third-order valence-electron chi connectivity index (χ3n) is 5.88. The molecule has 152 valence electrons. The number of thiazole rings is 1. The molecule has 5 aromatic rings. The van der Waals surface area contributed by atoms with E-state index in [1.165, 1.54) is 17.5 Å². The molecule has 6 rings (SSSR count).